The summed E-state index contributed by atoms with van der Waals surface area (Å²) < 4.78 is 3.69. The third kappa shape index (κ3) is 4.11. The zero-order valence-corrected chi connectivity index (χ0v) is 17.5. The number of aryl methyl sites for hydroxylation is 1. The maximum absolute atomic E-state index is 12.6. The van der Waals surface area contributed by atoms with Crippen molar-refractivity contribution in [3.63, 3.8) is 0 Å². The van der Waals surface area contributed by atoms with Crippen molar-refractivity contribution in [3.05, 3.63) is 60.2 Å². The molecule has 158 valence electrons. The number of anilines is 2. The molecule has 0 aliphatic heterocycles. The summed E-state index contributed by atoms with van der Waals surface area (Å²) in [5, 5.41) is 15.0. The molecule has 5 rings (SSSR count). The van der Waals surface area contributed by atoms with Crippen LogP contribution in [-0.2, 0) is 6.54 Å². The van der Waals surface area contributed by atoms with Crippen LogP contribution in [0.1, 0.15) is 54.7 Å². The molecule has 0 unspecified atom stereocenters. The van der Waals surface area contributed by atoms with E-state index in [4.69, 9.17) is 0 Å². The van der Waals surface area contributed by atoms with Gasteiger partial charge >= 0.3 is 0 Å². The molecule has 4 aromatic rings. The molecule has 1 atom stereocenters. The van der Waals surface area contributed by atoms with Gasteiger partial charge in [-0.05, 0) is 44.4 Å². The molecule has 0 saturated heterocycles. The molecule has 31 heavy (non-hydrogen) atoms. The predicted molar refractivity (Wildman–Crippen MR) is 118 cm³/mol. The third-order valence-electron chi connectivity index (χ3n) is 5.39. The van der Waals surface area contributed by atoms with Crippen molar-refractivity contribution < 1.29 is 4.79 Å². The second kappa shape index (κ2) is 7.82. The van der Waals surface area contributed by atoms with Crippen LogP contribution < -0.4 is 10.6 Å². The van der Waals surface area contributed by atoms with E-state index in [2.05, 4.69) is 30.8 Å². The highest BCUT2D eigenvalue weighted by molar-refractivity contribution is 6.04. The van der Waals surface area contributed by atoms with Gasteiger partial charge in [0, 0.05) is 18.4 Å². The smallest absolute Gasteiger partial charge is 0.258 e. The summed E-state index contributed by atoms with van der Waals surface area (Å²) >= 11 is 0. The van der Waals surface area contributed by atoms with E-state index >= 15 is 0 Å². The van der Waals surface area contributed by atoms with Crippen LogP contribution >= 0.6 is 0 Å². The van der Waals surface area contributed by atoms with E-state index < -0.39 is 0 Å². The number of nitrogens with zero attached hydrogens (tertiary/aromatic N) is 6. The molecule has 9 heteroatoms. The topological polar surface area (TPSA) is 103 Å². The Bertz CT molecular complexity index is 1240. The number of fused-ring (bicyclic) bond motifs is 1. The Balaban J connectivity index is 1.27. The molecule has 0 spiro atoms. The highest BCUT2D eigenvalue weighted by atomic mass is 16.1. The Kier molecular flexibility index (Phi) is 4.85. The lowest BCUT2D eigenvalue weighted by Crippen LogP contribution is -2.12. The fourth-order valence-electron chi connectivity index (χ4n) is 3.46. The first-order valence-corrected chi connectivity index (χ1v) is 10.5. The maximum Gasteiger partial charge on any atom is 0.258 e. The lowest BCUT2D eigenvalue weighted by Gasteiger charge is -2.16. The van der Waals surface area contributed by atoms with E-state index in [1.807, 2.05) is 59.9 Å². The Morgan fingerprint density at radius 1 is 1.26 bits per heavy atom. The SMILES string of the molecule is CCn1cc2ncc(N[C@@H](C)c3cccc(NC(=O)c4cnn(C5CC5)c4)c3)nc2n1. The van der Waals surface area contributed by atoms with E-state index in [1.165, 1.54) is 0 Å². The van der Waals surface area contributed by atoms with Crippen LogP contribution in [0.3, 0.4) is 0 Å². The molecule has 0 bridgehead atoms. The summed E-state index contributed by atoms with van der Waals surface area (Å²) in [6, 6.07) is 8.19. The average Bonchev–Trinajstić information content (AvgIpc) is 3.35. The van der Waals surface area contributed by atoms with Gasteiger partial charge in [-0.25, -0.2) is 9.97 Å². The van der Waals surface area contributed by atoms with Gasteiger partial charge in [-0.3, -0.25) is 14.2 Å². The molecule has 1 fully saturated rings. The molecule has 1 aliphatic carbocycles. The number of carbonyl (C=O) groups is 1. The fourth-order valence-corrected chi connectivity index (χ4v) is 3.46. The zero-order chi connectivity index (χ0) is 21.4. The van der Waals surface area contributed by atoms with Crippen LogP contribution in [0.4, 0.5) is 11.5 Å². The Hall–Kier alpha value is -3.75. The molecule has 1 saturated carbocycles. The van der Waals surface area contributed by atoms with E-state index in [0.717, 1.165) is 36.2 Å². The maximum atomic E-state index is 12.6. The van der Waals surface area contributed by atoms with Gasteiger partial charge in [0.1, 0.15) is 11.3 Å². The molecule has 1 aliphatic rings. The summed E-state index contributed by atoms with van der Waals surface area (Å²) in [5.41, 5.74) is 3.71. The highest BCUT2D eigenvalue weighted by Crippen LogP contribution is 2.34. The van der Waals surface area contributed by atoms with Crippen molar-refractivity contribution in [1.82, 2.24) is 29.5 Å². The minimum Gasteiger partial charge on any atom is -0.362 e. The van der Waals surface area contributed by atoms with E-state index in [0.29, 0.717) is 23.1 Å². The number of benzene rings is 1. The number of amides is 1. The van der Waals surface area contributed by atoms with Gasteiger partial charge in [0.2, 0.25) is 5.65 Å². The van der Waals surface area contributed by atoms with Crippen molar-refractivity contribution in [3.8, 4) is 0 Å². The van der Waals surface area contributed by atoms with Crippen molar-refractivity contribution in [2.75, 3.05) is 10.6 Å². The molecule has 3 aromatic heterocycles. The van der Waals surface area contributed by atoms with Gasteiger partial charge in [-0.2, -0.15) is 10.2 Å². The molecule has 9 nitrogen and oxygen atoms in total. The number of aromatic nitrogens is 6. The Morgan fingerprint density at radius 3 is 2.94 bits per heavy atom. The first-order valence-electron chi connectivity index (χ1n) is 10.5. The highest BCUT2D eigenvalue weighted by Gasteiger charge is 2.25. The van der Waals surface area contributed by atoms with Crippen molar-refractivity contribution in [2.24, 2.45) is 0 Å². The summed E-state index contributed by atoms with van der Waals surface area (Å²) in [6.45, 7) is 4.84. The normalized spacial score (nSPS) is 14.5. The number of carbonyl (C=O) groups excluding carboxylic acids is 1. The second-order valence-corrected chi connectivity index (χ2v) is 7.83. The minimum absolute atomic E-state index is 0.0329. The van der Waals surface area contributed by atoms with Crippen LogP contribution in [0.5, 0.6) is 0 Å². The lowest BCUT2D eigenvalue weighted by molar-refractivity contribution is 0.102. The lowest BCUT2D eigenvalue weighted by atomic mass is 10.1. The van der Waals surface area contributed by atoms with Crippen LogP contribution in [0, 0.1) is 0 Å². The van der Waals surface area contributed by atoms with E-state index in [-0.39, 0.29) is 11.9 Å². The molecular weight excluding hydrogens is 392 g/mol. The summed E-state index contributed by atoms with van der Waals surface area (Å²) in [5.74, 6) is 0.496. The van der Waals surface area contributed by atoms with Crippen LogP contribution in [0.25, 0.3) is 11.2 Å². The van der Waals surface area contributed by atoms with Gasteiger partial charge in [-0.1, -0.05) is 12.1 Å². The molecule has 3 heterocycles. The predicted octanol–water partition coefficient (Wildman–Crippen LogP) is 3.80. The van der Waals surface area contributed by atoms with Crippen LogP contribution in [-0.4, -0.2) is 35.4 Å². The van der Waals surface area contributed by atoms with E-state index in [9.17, 15) is 4.79 Å². The number of nitrogens with one attached hydrogen (secondary N) is 2. The number of hydrogen-bond acceptors (Lipinski definition) is 6. The van der Waals surface area contributed by atoms with Gasteiger partial charge in [0.05, 0.1) is 36.2 Å². The molecule has 1 amide bonds. The number of hydrogen-bond donors (Lipinski definition) is 2. The largest absolute Gasteiger partial charge is 0.362 e. The summed E-state index contributed by atoms with van der Waals surface area (Å²) in [6.07, 6.45) is 9.30. The second-order valence-electron chi connectivity index (χ2n) is 7.83. The molecule has 2 N–H and O–H groups in total. The minimum atomic E-state index is -0.160. The third-order valence-corrected chi connectivity index (χ3v) is 5.39. The first-order chi connectivity index (χ1) is 15.1. The van der Waals surface area contributed by atoms with Gasteiger partial charge < -0.3 is 10.6 Å². The number of rotatable bonds is 7. The monoisotopic (exact) mass is 416 g/mol. The van der Waals surface area contributed by atoms with Crippen molar-refractivity contribution in [2.45, 2.75) is 45.3 Å². The first kappa shape index (κ1) is 19.2. The van der Waals surface area contributed by atoms with E-state index in [1.54, 1.807) is 12.4 Å². The van der Waals surface area contributed by atoms with Gasteiger partial charge in [0.15, 0.2) is 0 Å². The summed E-state index contributed by atoms with van der Waals surface area (Å²) in [7, 11) is 0. The molecule has 0 radical (unpaired) electrons. The zero-order valence-electron chi connectivity index (χ0n) is 17.5. The van der Waals surface area contributed by atoms with Gasteiger partial charge in [-0.15, -0.1) is 0 Å². The summed E-state index contributed by atoms with van der Waals surface area (Å²) in [4.78, 5) is 21.6. The average molecular weight is 416 g/mol. The van der Waals surface area contributed by atoms with Crippen molar-refractivity contribution in [1.29, 1.82) is 0 Å². The molecule has 1 aromatic carbocycles. The Morgan fingerprint density at radius 2 is 2.13 bits per heavy atom. The quantitative estimate of drug-likeness (QED) is 0.475. The van der Waals surface area contributed by atoms with Crippen molar-refractivity contribution >= 4 is 28.6 Å². The Labute approximate surface area is 179 Å². The van der Waals surface area contributed by atoms with Gasteiger partial charge in [0.25, 0.3) is 5.91 Å². The van der Waals surface area contributed by atoms with Crippen LogP contribution in [0.15, 0.2) is 49.1 Å². The standard InChI is InChI=1S/C22H24N8O/c1-3-29-13-19-21(28-29)27-20(11-23-19)25-14(2)15-5-4-6-17(9-15)26-22(31)16-10-24-30(12-16)18-7-8-18/h4-6,9-14,18H,3,7-8H2,1-2H3,(H,26,31)(H,25,27,28)/t14-/m0/s1. The van der Waals surface area contributed by atoms with Crippen LogP contribution in [0.2, 0.25) is 0 Å². The fraction of sp³-hybridized carbons (Fsp3) is 0.318. The molecular formula is C22H24N8O.